The molecule has 1 atom stereocenters. The van der Waals surface area contributed by atoms with Crippen LogP contribution in [0.25, 0.3) is 0 Å². The number of carbonyl (C=O) groups excluding carboxylic acids is 1. The zero-order valence-corrected chi connectivity index (χ0v) is 15.5. The minimum Gasteiger partial charge on any atom is -0.396 e. The molecule has 0 fully saturated rings. The number of rotatable bonds is 5. The Morgan fingerprint density at radius 2 is 2.31 bits per heavy atom. The monoisotopic (exact) mass is 374 g/mol. The van der Waals surface area contributed by atoms with E-state index in [0.29, 0.717) is 36.9 Å². The van der Waals surface area contributed by atoms with Crippen LogP contribution in [0.2, 0.25) is 5.02 Å². The summed E-state index contributed by atoms with van der Waals surface area (Å²) in [6.07, 6.45) is 3.23. The predicted molar refractivity (Wildman–Crippen MR) is 99.8 cm³/mol. The molecule has 0 bridgehead atoms. The fourth-order valence-corrected chi connectivity index (χ4v) is 3.14. The number of hydrogen-bond donors (Lipinski definition) is 2. The van der Waals surface area contributed by atoms with E-state index in [1.54, 1.807) is 4.90 Å². The molecule has 26 heavy (non-hydrogen) atoms. The van der Waals surface area contributed by atoms with Crippen LogP contribution in [0.5, 0.6) is 0 Å². The molecule has 2 N–H and O–H groups in total. The fraction of sp³-hybridized carbons (Fsp3) is 0.421. The number of aromatic nitrogens is 2. The lowest BCUT2D eigenvalue weighted by atomic mass is 10.1. The van der Waals surface area contributed by atoms with Gasteiger partial charge in [0.1, 0.15) is 5.82 Å². The number of benzene rings is 1. The van der Waals surface area contributed by atoms with E-state index in [9.17, 15) is 9.90 Å². The highest BCUT2D eigenvalue weighted by molar-refractivity contribution is 6.30. The minimum absolute atomic E-state index is 0.110. The molecule has 0 unspecified atom stereocenters. The van der Waals surface area contributed by atoms with Gasteiger partial charge in [0.05, 0.1) is 12.2 Å². The molecule has 3 rings (SSSR count). The van der Waals surface area contributed by atoms with Crippen molar-refractivity contribution in [3.63, 3.8) is 0 Å². The average Bonchev–Trinajstić information content (AvgIpc) is 2.65. The van der Waals surface area contributed by atoms with E-state index in [1.807, 2.05) is 37.4 Å². The number of carbonyl (C=O) groups is 1. The van der Waals surface area contributed by atoms with Crippen molar-refractivity contribution in [2.24, 2.45) is 5.92 Å². The zero-order valence-electron chi connectivity index (χ0n) is 14.8. The van der Waals surface area contributed by atoms with E-state index in [0.717, 1.165) is 23.2 Å². The number of nitrogens with zero attached hydrogens (tertiary/aromatic N) is 3. The summed E-state index contributed by atoms with van der Waals surface area (Å²) in [6, 6.07) is 7.34. The second-order valence-electron chi connectivity index (χ2n) is 6.71. The molecule has 0 spiro atoms. The van der Waals surface area contributed by atoms with Crippen molar-refractivity contribution >= 4 is 17.6 Å². The molecule has 7 heteroatoms. The van der Waals surface area contributed by atoms with E-state index in [4.69, 9.17) is 11.6 Å². The van der Waals surface area contributed by atoms with Crippen LogP contribution in [0.3, 0.4) is 0 Å². The van der Waals surface area contributed by atoms with Gasteiger partial charge < -0.3 is 15.3 Å². The van der Waals surface area contributed by atoms with Gasteiger partial charge in [0, 0.05) is 37.3 Å². The number of aliphatic hydroxyl groups is 1. The van der Waals surface area contributed by atoms with Gasteiger partial charge in [0.25, 0.3) is 0 Å². The SMILES string of the molecule is C[C@@H](CO)Cc1ncc2c(n1)CN(C(=O)NCc1cccc(Cl)c1)CC2. The van der Waals surface area contributed by atoms with E-state index in [1.165, 1.54) is 0 Å². The summed E-state index contributed by atoms with van der Waals surface area (Å²) in [7, 11) is 0. The van der Waals surface area contributed by atoms with Gasteiger partial charge in [-0.2, -0.15) is 0 Å². The Labute approximate surface area is 158 Å². The third kappa shape index (κ3) is 4.71. The first-order valence-electron chi connectivity index (χ1n) is 8.77. The van der Waals surface area contributed by atoms with Crippen LogP contribution < -0.4 is 5.32 Å². The van der Waals surface area contributed by atoms with Gasteiger partial charge in [-0.3, -0.25) is 0 Å². The number of aliphatic hydroxyl groups excluding tert-OH is 1. The number of nitrogens with one attached hydrogen (secondary N) is 1. The topological polar surface area (TPSA) is 78.4 Å². The first-order chi connectivity index (χ1) is 12.5. The highest BCUT2D eigenvalue weighted by Crippen LogP contribution is 2.18. The molecule has 6 nitrogen and oxygen atoms in total. The van der Waals surface area contributed by atoms with Crippen molar-refractivity contribution in [3.05, 3.63) is 58.1 Å². The lowest BCUT2D eigenvalue weighted by Gasteiger charge is -2.28. The van der Waals surface area contributed by atoms with Gasteiger partial charge in [0.2, 0.25) is 0 Å². The van der Waals surface area contributed by atoms with Crippen molar-refractivity contribution in [3.8, 4) is 0 Å². The molecule has 0 saturated heterocycles. The summed E-state index contributed by atoms with van der Waals surface area (Å²) in [5.74, 6) is 0.834. The highest BCUT2D eigenvalue weighted by atomic mass is 35.5. The van der Waals surface area contributed by atoms with Gasteiger partial charge in [-0.15, -0.1) is 0 Å². The second-order valence-corrected chi connectivity index (χ2v) is 7.15. The molecule has 2 aromatic rings. The minimum atomic E-state index is -0.112. The van der Waals surface area contributed by atoms with Gasteiger partial charge in [0.15, 0.2) is 0 Å². The average molecular weight is 375 g/mol. The molecule has 0 saturated carbocycles. The first-order valence-corrected chi connectivity index (χ1v) is 9.14. The number of halogens is 1. The molecular weight excluding hydrogens is 352 g/mol. The van der Waals surface area contributed by atoms with E-state index in [-0.39, 0.29) is 18.6 Å². The van der Waals surface area contributed by atoms with Crippen molar-refractivity contribution in [1.29, 1.82) is 0 Å². The quantitative estimate of drug-likeness (QED) is 0.843. The van der Waals surface area contributed by atoms with E-state index >= 15 is 0 Å². The van der Waals surface area contributed by atoms with Crippen LogP contribution in [-0.4, -0.2) is 39.2 Å². The lowest BCUT2D eigenvalue weighted by molar-refractivity contribution is 0.190. The molecule has 138 valence electrons. The van der Waals surface area contributed by atoms with Crippen LogP contribution in [0.15, 0.2) is 30.5 Å². The van der Waals surface area contributed by atoms with Crippen molar-refractivity contribution in [2.45, 2.75) is 32.9 Å². The summed E-state index contributed by atoms with van der Waals surface area (Å²) in [6.45, 7) is 3.62. The Morgan fingerprint density at radius 1 is 1.46 bits per heavy atom. The molecule has 0 radical (unpaired) electrons. The molecule has 1 aromatic heterocycles. The maximum Gasteiger partial charge on any atom is 0.318 e. The lowest BCUT2D eigenvalue weighted by Crippen LogP contribution is -2.42. The van der Waals surface area contributed by atoms with Crippen molar-refractivity contribution in [1.82, 2.24) is 20.2 Å². The van der Waals surface area contributed by atoms with E-state index < -0.39 is 0 Å². The Balaban J connectivity index is 1.61. The Hall–Kier alpha value is -2.18. The Bertz CT molecular complexity index is 784. The third-order valence-electron chi connectivity index (χ3n) is 4.46. The summed E-state index contributed by atoms with van der Waals surface area (Å²) >= 11 is 5.97. The molecular formula is C19H23ClN4O2. The largest absolute Gasteiger partial charge is 0.396 e. The maximum atomic E-state index is 12.5. The molecule has 2 heterocycles. The zero-order chi connectivity index (χ0) is 18.5. The van der Waals surface area contributed by atoms with Crippen LogP contribution in [0.1, 0.15) is 29.6 Å². The number of hydrogen-bond acceptors (Lipinski definition) is 4. The standard InChI is InChI=1S/C19H23ClN4O2/c1-13(12-25)7-18-21-10-15-5-6-24(11-17(15)23-18)19(26)22-9-14-3-2-4-16(20)8-14/h2-4,8,10,13,25H,5-7,9,11-12H2,1H3,(H,22,26)/t13-/m1/s1. The van der Waals surface area contributed by atoms with Gasteiger partial charge in [-0.05, 0) is 35.6 Å². The van der Waals surface area contributed by atoms with Gasteiger partial charge >= 0.3 is 6.03 Å². The summed E-state index contributed by atoms with van der Waals surface area (Å²) in [5, 5.41) is 12.8. The van der Waals surface area contributed by atoms with Crippen molar-refractivity contribution < 1.29 is 9.90 Å². The smallest absolute Gasteiger partial charge is 0.318 e. The summed E-state index contributed by atoms with van der Waals surface area (Å²) in [4.78, 5) is 23.2. The van der Waals surface area contributed by atoms with E-state index in [2.05, 4.69) is 15.3 Å². The fourth-order valence-electron chi connectivity index (χ4n) is 2.93. The summed E-state index contributed by atoms with van der Waals surface area (Å²) < 4.78 is 0. The molecule has 0 aliphatic carbocycles. The van der Waals surface area contributed by atoms with Crippen molar-refractivity contribution in [2.75, 3.05) is 13.2 Å². The van der Waals surface area contributed by atoms with Crippen LogP contribution in [-0.2, 0) is 25.9 Å². The molecule has 2 amide bonds. The highest BCUT2D eigenvalue weighted by Gasteiger charge is 2.22. The Kier molecular flexibility index (Phi) is 6.06. The van der Waals surface area contributed by atoms with Gasteiger partial charge in [-0.1, -0.05) is 30.7 Å². The first kappa shape index (κ1) is 18.6. The molecule has 1 aliphatic heterocycles. The number of fused-ring (bicyclic) bond motifs is 1. The predicted octanol–water partition coefficient (Wildman–Crippen LogP) is 2.57. The maximum absolute atomic E-state index is 12.5. The normalized spacial score (nSPS) is 14.7. The van der Waals surface area contributed by atoms with Crippen LogP contribution >= 0.6 is 11.6 Å². The number of urea groups is 1. The number of amides is 2. The third-order valence-corrected chi connectivity index (χ3v) is 4.69. The second kappa shape index (κ2) is 8.47. The Morgan fingerprint density at radius 3 is 3.08 bits per heavy atom. The van der Waals surface area contributed by atoms with Gasteiger partial charge in [-0.25, -0.2) is 14.8 Å². The van der Waals surface area contributed by atoms with Crippen LogP contribution in [0.4, 0.5) is 4.79 Å². The molecule has 1 aromatic carbocycles. The summed E-state index contributed by atoms with van der Waals surface area (Å²) in [5.41, 5.74) is 2.94. The molecule has 1 aliphatic rings. The van der Waals surface area contributed by atoms with Crippen LogP contribution in [0, 0.1) is 5.92 Å².